The molecule has 0 bridgehead atoms. The number of aliphatic hydroxyl groups excluding tert-OH is 6. The van der Waals surface area contributed by atoms with Crippen LogP contribution in [0.1, 0.15) is 85.5 Å². The van der Waals surface area contributed by atoms with Crippen LogP contribution in [0.2, 0.25) is 0 Å². The van der Waals surface area contributed by atoms with E-state index in [9.17, 15) is 5.11 Å². The van der Waals surface area contributed by atoms with Crippen molar-refractivity contribution in [3.05, 3.63) is 36.6 Å². The molecule has 6 heteroatoms. The molecule has 0 fully saturated rings. The van der Waals surface area contributed by atoms with Gasteiger partial charge in [0.2, 0.25) is 0 Å². The lowest BCUT2D eigenvalue weighted by Crippen LogP contribution is -2.08. The zero-order valence-corrected chi connectivity index (χ0v) is 20.2. The third kappa shape index (κ3) is 36.5. The fraction of sp³-hybridized carbons (Fsp3) is 0.760. The molecule has 6 N–H and O–H groups in total. The zero-order valence-electron chi connectivity index (χ0n) is 20.2. The molecule has 31 heavy (non-hydrogen) atoms. The van der Waals surface area contributed by atoms with Crippen molar-refractivity contribution in [3.63, 3.8) is 0 Å². The summed E-state index contributed by atoms with van der Waals surface area (Å²) in [7, 11) is 0. The van der Waals surface area contributed by atoms with E-state index in [1.165, 1.54) is 0 Å². The molecule has 0 aliphatic rings. The number of unbranched alkanes of at least 4 members (excludes halogenated alkanes) is 1. The van der Waals surface area contributed by atoms with E-state index in [0.717, 1.165) is 57.6 Å². The molecule has 0 aromatic carbocycles. The molecule has 0 rings (SSSR count). The molecule has 0 radical (unpaired) electrons. The van der Waals surface area contributed by atoms with E-state index in [1.54, 1.807) is 18.2 Å². The predicted octanol–water partition coefficient (Wildman–Crippen LogP) is 4.42. The second-order valence-corrected chi connectivity index (χ2v) is 7.84. The standard InChI is InChI=1S/C9H18O2.2C8H16O2/c1-8(2)7-9(11)5-3-4-6-10;2*1-2-8(10)6-4-3-5-7-9/h3-4,8-11H,5-7H2,1-2H3;5,7-10H,2-4,6H2,1H3;3,5,8-10H,2,4,6-7H2,1H3. The SMILES string of the molecule is CC(C)CC(O)CC=CCO.CCC(O)CCC=CCO.CCC(O)CCCC=CO. The van der Waals surface area contributed by atoms with E-state index < -0.39 is 0 Å². The topological polar surface area (TPSA) is 121 Å². The lowest BCUT2D eigenvalue weighted by molar-refractivity contribution is 0.151. The Labute approximate surface area is 190 Å². The van der Waals surface area contributed by atoms with Gasteiger partial charge >= 0.3 is 0 Å². The van der Waals surface area contributed by atoms with Crippen molar-refractivity contribution in [2.75, 3.05) is 13.2 Å². The summed E-state index contributed by atoms with van der Waals surface area (Å²) in [6, 6.07) is 0. The van der Waals surface area contributed by atoms with Gasteiger partial charge in [0, 0.05) is 0 Å². The van der Waals surface area contributed by atoms with Gasteiger partial charge in [-0.2, -0.15) is 0 Å². The first-order valence-electron chi connectivity index (χ1n) is 11.6. The van der Waals surface area contributed by atoms with Gasteiger partial charge in [-0.1, -0.05) is 58.1 Å². The van der Waals surface area contributed by atoms with Crippen LogP contribution < -0.4 is 0 Å². The molecule has 3 atom stereocenters. The van der Waals surface area contributed by atoms with Crippen LogP contribution in [0, 0.1) is 5.92 Å². The minimum absolute atomic E-state index is 0.0639. The third-order valence-electron chi connectivity index (χ3n) is 4.32. The summed E-state index contributed by atoms with van der Waals surface area (Å²) in [6.07, 6.45) is 16.6. The van der Waals surface area contributed by atoms with Gasteiger partial charge < -0.3 is 30.6 Å². The average Bonchev–Trinajstić information content (AvgIpc) is 2.74. The van der Waals surface area contributed by atoms with Crippen molar-refractivity contribution in [2.24, 2.45) is 5.92 Å². The Morgan fingerprint density at radius 1 is 0.677 bits per heavy atom. The highest BCUT2D eigenvalue weighted by Gasteiger charge is 2.03. The molecule has 0 heterocycles. The van der Waals surface area contributed by atoms with Gasteiger partial charge in [0.1, 0.15) is 0 Å². The van der Waals surface area contributed by atoms with Gasteiger partial charge in [0.05, 0.1) is 37.8 Å². The zero-order chi connectivity index (χ0) is 24.3. The van der Waals surface area contributed by atoms with Crippen LogP contribution in [0.15, 0.2) is 36.6 Å². The van der Waals surface area contributed by atoms with Gasteiger partial charge in [0.15, 0.2) is 0 Å². The minimum atomic E-state index is -0.252. The summed E-state index contributed by atoms with van der Waals surface area (Å²) in [5.74, 6) is 0.535. The smallest absolute Gasteiger partial charge is 0.0751 e. The lowest BCUT2D eigenvalue weighted by Gasteiger charge is -2.09. The monoisotopic (exact) mass is 446 g/mol. The van der Waals surface area contributed by atoms with Crippen molar-refractivity contribution in [1.82, 2.24) is 0 Å². The van der Waals surface area contributed by atoms with Crippen LogP contribution in [0.4, 0.5) is 0 Å². The first-order valence-corrected chi connectivity index (χ1v) is 11.6. The number of rotatable bonds is 15. The summed E-state index contributed by atoms with van der Waals surface area (Å²) >= 11 is 0. The quantitative estimate of drug-likeness (QED) is 0.126. The predicted molar refractivity (Wildman–Crippen MR) is 130 cm³/mol. The van der Waals surface area contributed by atoms with Crippen molar-refractivity contribution < 1.29 is 30.6 Å². The maximum Gasteiger partial charge on any atom is 0.0751 e. The van der Waals surface area contributed by atoms with Crippen LogP contribution >= 0.6 is 0 Å². The van der Waals surface area contributed by atoms with Crippen LogP contribution in [0.3, 0.4) is 0 Å². The summed E-state index contributed by atoms with van der Waals surface area (Å²) in [5.41, 5.74) is 0. The molecular formula is C25H50O6. The highest BCUT2D eigenvalue weighted by Crippen LogP contribution is 2.07. The highest BCUT2D eigenvalue weighted by molar-refractivity contribution is 4.83. The Hall–Kier alpha value is -1.18. The van der Waals surface area contributed by atoms with Crippen LogP contribution in [0.5, 0.6) is 0 Å². The van der Waals surface area contributed by atoms with E-state index in [0.29, 0.717) is 12.3 Å². The van der Waals surface area contributed by atoms with E-state index in [1.807, 2.05) is 26.0 Å². The van der Waals surface area contributed by atoms with E-state index in [4.69, 9.17) is 25.5 Å². The molecule has 0 spiro atoms. The van der Waals surface area contributed by atoms with Crippen molar-refractivity contribution >= 4 is 0 Å². The summed E-state index contributed by atoms with van der Waals surface area (Å²) in [4.78, 5) is 0. The molecule has 0 amide bonds. The first kappa shape index (κ1) is 34.4. The second kappa shape index (κ2) is 28.8. The molecular weight excluding hydrogens is 396 g/mol. The normalized spacial score (nSPS) is 14.4. The van der Waals surface area contributed by atoms with Crippen LogP contribution in [0.25, 0.3) is 0 Å². The maximum absolute atomic E-state index is 9.31. The largest absolute Gasteiger partial charge is 0.516 e. The highest BCUT2D eigenvalue weighted by atomic mass is 16.3. The van der Waals surface area contributed by atoms with Crippen LogP contribution in [-0.4, -0.2) is 62.2 Å². The van der Waals surface area contributed by atoms with Gasteiger partial charge in [-0.3, -0.25) is 0 Å². The van der Waals surface area contributed by atoms with E-state index in [-0.39, 0.29) is 31.5 Å². The Balaban J connectivity index is -0.000000380. The minimum Gasteiger partial charge on any atom is -0.516 e. The Bertz CT molecular complexity index is 407. The molecule has 3 unspecified atom stereocenters. The second-order valence-electron chi connectivity index (χ2n) is 7.84. The average molecular weight is 447 g/mol. The number of hydrogen-bond donors (Lipinski definition) is 6. The van der Waals surface area contributed by atoms with Crippen molar-refractivity contribution in [3.8, 4) is 0 Å². The Kier molecular flexibility index (Phi) is 32.0. The summed E-state index contributed by atoms with van der Waals surface area (Å²) < 4.78 is 0. The molecule has 186 valence electrons. The lowest BCUT2D eigenvalue weighted by atomic mass is 10.0. The van der Waals surface area contributed by atoms with Gasteiger partial charge in [0.25, 0.3) is 0 Å². The van der Waals surface area contributed by atoms with Gasteiger partial charge in [-0.05, 0) is 63.7 Å². The number of hydrogen-bond acceptors (Lipinski definition) is 6. The summed E-state index contributed by atoms with van der Waals surface area (Å²) in [5, 5.41) is 52.4. The fourth-order valence-electron chi connectivity index (χ4n) is 2.40. The number of allylic oxidation sites excluding steroid dienone is 2. The Morgan fingerprint density at radius 3 is 1.71 bits per heavy atom. The van der Waals surface area contributed by atoms with Crippen molar-refractivity contribution in [1.29, 1.82) is 0 Å². The summed E-state index contributed by atoms with van der Waals surface area (Å²) in [6.45, 7) is 8.25. The molecule has 6 nitrogen and oxygen atoms in total. The Morgan fingerprint density at radius 2 is 1.23 bits per heavy atom. The fourth-order valence-corrected chi connectivity index (χ4v) is 2.40. The van der Waals surface area contributed by atoms with E-state index >= 15 is 0 Å². The maximum atomic E-state index is 9.31. The molecule has 0 aliphatic carbocycles. The van der Waals surface area contributed by atoms with E-state index in [2.05, 4.69) is 13.8 Å². The molecule has 0 saturated heterocycles. The number of aliphatic hydroxyl groups is 6. The molecule has 0 saturated carbocycles. The van der Waals surface area contributed by atoms with Gasteiger partial charge in [-0.15, -0.1) is 0 Å². The third-order valence-corrected chi connectivity index (χ3v) is 4.32. The first-order chi connectivity index (χ1) is 14.8. The van der Waals surface area contributed by atoms with Crippen LogP contribution in [-0.2, 0) is 0 Å². The van der Waals surface area contributed by atoms with Crippen molar-refractivity contribution in [2.45, 2.75) is 104 Å². The molecule has 0 aliphatic heterocycles. The molecule has 0 aromatic heterocycles. The molecule has 0 aromatic rings. The van der Waals surface area contributed by atoms with Gasteiger partial charge in [-0.25, -0.2) is 0 Å².